The van der Waals surface area contributed by atoms with Crippen LogP contribution in [0.1, 0.15) is 23.1 Å². The van der Waals surface area contributed by atoms with E-state index in [-0.39, 0.29) is 24.9 Å². The lowest BCUT2D eigenvalue weighted by Gasteiger charge is -2.18. The van der Waals surface area contributed by atoms with Gasteiger partial charge in [-0.3, -0.25) is 4.79 Å². The molecule has 134 valence electrons. The Morgan fingerprint density at radius 3 is 2.24 bits per heavy atom. The third kappa shape index (κ3) is 5.01. The fourth-order valence-corrected chi connectivity index (χ4v) is 2.40. The third-order valence-electron chi connectivity index (χ3n) is 3.75. The molecule has 0 heterocycles. The fraction of sp³-hybridized carbons (Fsp3) is 0.278. The number of hydrogen-bond acceptors (Lipinski definition) is 1. The molecule has 0 saturated heterocycles. The predicted octanol–water partition coefficient (Wildman–Crippen LogP) is 4.57. The summed E-state index contributed by atoms with van der Waals surface area (Å²) in [6.07, 6.45) is -4.72. The Hall–Kier alpha value is -2.44. The lowest BCUT2D eigenvalue weighted by molar-refractivity contribution is -0.137. The number of rotatable bonds is 5. The molecule has 0 saturated carbocycles. The van der Waals surface area contributed by atoms with Gasteiger partial charge in [0.1, 0.15) is 11.6 Å². The van der Waals surface area contributed by atoms with E-state index in [0.29, 0.717) is 5.56 Å². The molecule has 2 nitrogen and oxygen atoms in total. The van der Waals surface area contributed by atoms with E-state index in [1.54, 1.807) is 0 Å². The largest absolute Gasteiger partial charge is 0.416 e. The summed E-state index contributed by atoms with van der Waals surface area (Å²) in [6.45, 7) is -0.0253. The summed E-state index contributed by atoms with van der Waals surface area (Å²) in [4.78, 5) is 13.3. The number of amides is 1. The van der Waals surface area contributed by atoms with E-state index in [9.17, 15) is 26.7 Å². The molecule has 1 amide bonds. The minimum Gasteiger partial charge on any atom is -0.341 e. The van der Waals surface area contributed by atoms with Crippen LogP contribution in [-0.2, 0) is 23.9 Å². The zero-order valence-corrected chi connectivity index (χ0v) is 13.4. The van der Waals surface area contributed by atoms with Gasteiger partial charge in [-0.15, -0.1) is 0 Å². The highest BCUT2D eigenvalue weighted by atomic mass is 19.4. The van der Waals surface area contributed by atoms with E-state index < -0.39 is 29.3 Å². The number of alkyl halides is 3. The molecule has 25 heavy (non-hydrogen) atoms. The van der Waals surface area contributed by atoms with Crippen LogP contribution in [0.2, 0.25) is 0 Å². The van der Waals surface area contributed by atoms with Crippen molar-refractivity contribution in [2.45, 2.75) is 25.6 Å². The summed E-state index contributed by atoms with van der Waals surface area (Å²) in [6, 6.07) is 8.12. The monoisotopic (exact) mass is 357 g/mol. The zero-order chi connectivity index (χ0) is 18.6. The van der Waals surface area contributed by atoms with Crippen molar-refractivity contribution in [1.82, 2.24) is 4.90 Å². The van der Waals surface area contributed by atoms with Crippen LogP contribution < -0.4 is 0 Å². The number of halogens is 5. The first-order valence-corrected chi connectivity index (χ1v) is 7.51. The van der Waals surface area contributed by atoms with Gasteiger partial charge >= 0.3 is 6.18 Å². The highest BCUT2D eigenvalue weighted by Gasteiger charge is 2.30. The second-order valence-electron chi connectivity index (χ2n) is 5.65. The Kier molecular flexibility index (Phi) is 5.77. The molecule has 0 aromatic heterocycles. The minimum atomic E-state index is -4.46. The average molecular weight is 357 g/mol. The van der Waals surface area contributed by atoms with Crippen molar-refractivity contribution >= 4 is 5.91 Å². The molecule has 0 radical (unpaired) electrons. The standard InChI is InChI=1S/C18H16F5NO/c1-24(11-12-4-2-5-13(10-12)18(21,22)23)17(25)9-8-14-15(19)6-3-7-16(14)20/h2-7,10H,8-9,11H2,1H3. The van der Waals surface area contributed by atoms with Crippen LogP contribution in [0.4, 0.5) is 22.0 Å². The molecule has 0 aliphatic carbocycles. The molecule has 0 unspecified atom stereocenters. The Bertz CT molecular complexity index is 737. The zero-order valence-electron chi connectivity index (χ0n) is 13.4. The number of carbonyl (C=O) groups is 1. The number of carbonyl (C=O) groups excluding carboxylic acids is 1. The summed E-state index contributed by atoms with van der Waals surface area (Å²) >= 11 is 0. The lowest BCUT2D eigenvalue weighted by Crippen LogP contribution is -2.26. The van der Waals surface area contributed by atoms with Crippen molar-refractivity contribution in [3.8, 4) is 0 Å². The van der Waals surface area contributed by atoms with Gasteiger partial charge < -0.3 is 4.90 Å². The maximum absolute atomic E-state index is 13.5. The second-order valence-corrected chi connectivity index (χ2v) is 5.65. The third-order valence-corrected chi connectivity index (χ3v) is 3.75. The molecule has 0 aliphatic rings. The molecule has 0 spiro atoms. The van der Waals surface area contributed by atoms with E-state index in [1.165, 1.54) is 30.1 Å². The van der Waals surface area contributed by atoms with Gasteiger partial charge in [-0.1, -0.05) is 18.2 Å². The molecule has 0 fully saturated rings. The molecular formula is C18H16F5NO. The molecule has 0 aliphatic heterocycles. The normalized spacial score (nSPS) is 11.4. The van der Waals surface area contributed by atoms with Crippen LogP contribution in [0.15, 0.2) is 42.5 Å². The van der Waals surface area contributed by atoms with Gasteiger partial charge in [-0.25, -0.2) is 8.78 Å². The summed E-state index contributed by atoms with van der Waals surface area (Å²) < 4.78 is 65.2. The van der Waals surface area contributed by atoms with Crippen molar-refractivity contribution in [3.05, 3.63) is 70.8 Å². The number of nitrogens with zero attached hydrogens (tertiary/aromatic N) is 1. The number of benzene rings is 2. The van der Waals surface area contributed by atoms with Gasteiger partial charge in [0, 0.05) is 25.6 Å². The smallest absolute Gasteiger partial charge is 0.341 e. The predicted molar refractivity (Wildman–Crippen MR) is 82.6 cm³/mol. The molecule has 0 atom stereocenters. The van der Waals surface area contributed by atoms with E-state index >= 15 is 0 Å². The molecular weight excluding hydrogens is 341 g/mol. The van der Waals surface area contributed by atoms with Crippen LogP contribution in [0.5, 0.6) is 0 Å². The lowest BCUT2D eigenvalue weighted by atomic mass is 10.1. The molecule has 0 N–H and O–H groups in total. The number of hydrogen-bond donors (Lipinski definition) is 0. The molecule has 2 rings (SSSR count). The van der Waals surface area contributed by atoms with Gasteiger partial charge in [-0.2, -0.15) is 13.2 Å². The first-order chi connectivity index (χ1) is 11.7. The molecule has 2 aromatic carbocycles. The van der Waals surface area contributed by atoms with E-state index in [2.05, 4.69) is 0 Å². The van der Waals surface area contributed by atoms with Crippen LogP contribution >= 0.6 is 0 Å². The highest BCUT2D eigenvalue weighted by molar-refractivity contribution is 5.76. The van der Waals surface area contributed by atoms with E-state index in [4.69, 9.17) is 0 Å². The van der Waals surface area contributed by atoms with Gasteiger partial charge in [0.25, 0.3) is 0 Å². The first-order valence-electron chi connectivity index (χ1n) is 7.51. The van der Waals surface area contributed by atoms with Gasteiger partial charge in [0.15, 0.2) is 0 Å². The van der Waals surface area contributed by atoms with Crippen molar-refractivity contribution in [1.29, 1.82) is 0 Å². The Morgan fingerprint density at radius 2 is 1.64 bits per heavy atom. The Balaban J connectivity index is 1.99. The van der Waals surface area contributed by atoms with Crippen molar-refractivity contribution < 1.29 is 26.7 Å². The molecule has 7 heteroatoms. The minimum absolute atomic E-state index is 0.0253. The van der Waals surface area contributed by atoms with Crippen LogP contribution in [0.25, 0.3) is 0 Å². The van der Waals surface area contributed by atoms with Crippen molar-refractivity contribution in [3.63, 3.8) is 0 Å². The van der Waals surface area contributed by atoms with Crippen molar-refractivity contribution in [2.75, 3.05) is 7.05 Å². The fourth-order valence-electron chi connectivity index (χ4n) is 2.40. The van der Waals surface area contributed by atoms with Crippen LogP contribution in [-0.4, -0.2) is 17.9 Å². The van der Waals surface area contributed by atoms with Crippen LogP contribution in [0.3, 0.4) is 0 Å². The van der Waals surface area contributed by atoms with Crippen LogP contribution in [0, 0.1) is 11.6 Å². The second kappa shape index (κ2) is 7.63. The molecule has 0 bridgehead atoms. The first kappa shape index (κ1) is 18.9. The van der Waals surface area contributed by atoms with Gasteiger partial charge in [0.05, 0.1) is 5.56 Å². The van der Waals surface area contributed by atoms with Crippen molar-refractivity contribution in [2.24, 2.45) is 0 Å². The average Bonchev–Trinajstić information content (AvgIpc) is 2.53. The maximum Gasteiger partial charge on any atom is 0.416 e. The van der Waals surface area contributed by atoms with Gasteiger partial charge in [0.2, 0.25) is 5.91 Å². The highest BCUT2D eigenvalue weighted by Crippen LogP contribution is 2.29. The topological polar surface area (TPSA) is 20.3 Å². The summed E-state index contributed by atoms with van der Waals surface area (Å²) in [5.41, 5.74) is -0.648. The van der Waals surface area contributed by atoms with E-state index in [0.717, 1.165) is 24.3 Å². The molecule has 2 aromatic rings. The van der Waals surface area contributed by atoms with E-state index in [1.807, 2.05) is 0 Å². The SMILES string of the molecule is CN(Cc1cccc(C(F)(F)F)c1)C(=O)CCc1c(F)cccc1F. The quantitative estimate of drug-likeness (QED) is 0.718. The maximum atomic E-state index is 13.5. The summed E-state index contributed by atoms with van der Waals surface area (Å²) in [7, 11) is 1.43. The Morgan fingerprint density at radius 1 is 1.04 bits per heavy atom. The summed E-state index contributed by atoms with van der Waals surface area (Å²) in [5, 5.41) is 0. The Labute approximate surface area is 141 Å². The summed E-state index contributed by atoms with van der Waals surface area (Å²) in [5.74, 6) is -1.87. The van der Waals surface area contributed by atoms with Gasteiger partial charge in [-0.05, 0) is 36.2 Å².